The molecule has 2 fully saturated rings. The second-order valence-electron chi connectivity index (χ2n) is 6.60. The summed E-state index contributed by atoms with van der Waals surface area (Å²) in [7, 11) is 2.17. The molecule has 0 aromatic carbocycles. The molecule has 0 aromatic rings. The van der Waals surface area contributed by atoms with Gasteiger partial charge in [0.2, 0.25) is 5.91 Å². The van der Waals surface area contributed by atoms with Crippen molar-refractivity contribution in [2.45, 2.75) is 63.6 Å². The predicted molar refractivity (Wildman–Crippen MR) is 73.2 cm³/mol. The van der Waals surface area contributed by atoms with E-state index in [1.165, 1.54) is 12.8 Å². The van der Waals surface area contributed by atoms with Crippen LogP contribution in [0.3, 0.4) is 0 Å². The number of hydrogen-bond acceptors (Lipinski definition) is 3. The Labute approximate surface area is 110 Å². The van der Waals surface area contributed by atoms with Crippen LogP contribution in [0.4, 0.5) is 0 Å². The zero-order chi connectivity index (χ0) is 13.3. The Morgan fingerprint density at radius 3 is 2.61 bits per heavy atom. The van der Waals surface area contributed by atoms with Gasteiger partial charge in [0.15, 0.2) is 0 Å². The molecule has 4 heteroatoms. The molecule has 2 rings (SSSR count). The molecule has 2 saturated carbocycles. The topological polar surface area (TPSA) is 58.4 Å². The van der Waals surface area contributed by atoms with Crippen LogP contribution in [0.1, 0.15) is 46.0 Å². The molecule has 0 saturated heterocycles. The quantitative estimate of drug-likeness (QED) is 0.745. The van der Waals surface area contributed by atoms with E-state index < -0.39 is 5.54 Å². The minimum Gasteiger partial charge on any atom is -0.368 e. The van der Waals surface area contributed by atoms with E-state index in [0.29, 0.717) is 18.0 Å². The summed E-state index contributed by atoms with van der Waals surface area (Å²) in [6.45, 7) is 5.55. The van der Waals surface area contributed by atoms with Crippen molar-refractivity contribution >= 4 is 5.91 Å². The Morgan fingerprint density at radius 1 is 1.44 bits per heavy atom. The average molecular weight is 253 g/mol. The Kier molecular flexibility index (Phi) is 3.97. The summed E-state index contributed by atoms with van der Waals surface area (Å²) in [4.78, 5) is 14.2. The molecule has 4 nitrogen and oxygen atoms in total. The largest absolute Gasteiger partial charge is 0.368 e. The lowest BCUT2D eigenvalue weighted by Crippen LogP contribution is -2.55. The highest BCUT2D eigenvalue weighted by molar-refractivity contribution is 5.85. The Balaban J connectivity index is 1.96. The zero-order valence-corrected chi connectivity index (χ0v) is 11.9. The smallest absolute Gasteiger partial charge is 0.237 e. The Bertz CT molecular complexity index is 314. The van der Waals surface area contributed by atoms with Crippen LogP contribution in [0.15, 0.2) is 0 Å². The molecule has 104 valence electrons. The van der Waals surface area contributed by atoms with Crippen LogP contribution < -0.4 is 11.1 Å². The number of hydrogen-bond donors (Lipinski definition) is 2. The molecule has 0 radical (unpaired) electrons. The van der Waals surface area contributed by atoms with E-state index in [1.807, 2.05) is 0 Å². The number of nitrogens with two attached hydrogens (primary N) is 1. The number of nitrogens with one attached hydrogen (secondary N) is 1. The van der Waals surface area contributed by atoms with Crippen LogP contribution in [0, 0.1) is 5.92 Å². The third kappa shape index (κ3) is 3.04. The molecule has 0 spiro atoms. The van der Waals surface area contributed by atoms with E-state index in [9.17, 15) is 4.79 Å². The predicted octanol–water partition coefficient (Wildman–Crippen LogP) is 1.10. The summed E-state index contributed by atoms with van der Waals surface area (Å²) >= 11 is 0. The summed E-state index contributed by atoms with van der Waals surface area (Å²) in [5.74, 6) is 0.504. The van der Waals surface area contributed by atoms with Gasteiger partial charge < -0.3 is 16.0 Å². The highest BCUT2D eigenvalue weighted by atomic mass is 16.1. The van der Waals surface area contributed by atoms with Gasteiger partial charge >= 0.3 is 0 Å². The van der Waals surface area contributed by atoms with Gasteiger partial charge in [0.25, 0.3) is 0 Å². The highest BCUT2D eigenvalue weighted by Crippen LogP contribution is 2.36. The zero-order valence-electron chi connectivity index (χ0n) is 11.9. The average Bonchev–Trinajstić information content (AvgIpc) is 2.94. The van der Waals surface area contributed by atoms with Crippen molar-refractivity contribution in [2.75, 3.05) is 13.6 Å². The van der Waals surface area contributed by atoms with Crippen LogP contribution in [0.5, 0.6) is 0 Å². The molecular weight excluding hydrogens is 226 g/mol. The fraction of sp³-hybridized carbons (Fsp3) is 0.929. The molecule has 18 heavy (non-hydrogen) atoms. The van der Waals surface area contributed by atoms with Crippen molar-refractivity contribution in [1.29, 1.82) is 0 Å². The molecule has 2 unspecified atom stereocenters. The minimum absolute atomic E-state index is 0.158. The monoisotopic (exact) mass is 253 g/mol. The lowest BCUT2D eigenvalue weighted by Gasteiger charge is -2.30. The lowest BCUT2D eigenvalue weighted by atomic mass is 9.96. The summed E-state index contributed by atoms with van der Waals surface area (Å²) in [5, 5.41) is 3.50. The second kappa shape index (κ2) is 5.17. The lowest BCUT2D eigenvalue weighted by molar-refractivity contribution is -0.124. The number of primary amides is 1. The Hall–Kier alpha value is -0.610. The fourth-order valence-electron chi connectivity index (χ4n) is 3.17. The van der Waals surface area contributed by atoms with Crippen LogP contribution in [-0.2, 0) is 4.79 Å². The summed E-state index contributed by atoms with van der Waals surface area (Å²) in [6, 6.07) is 1.03. The van der Waals surface area contributed by atoms with Gasteiger partial charge in [0, 0.05) is 18.6 Å². The van der Waals surface area contributed by atoms with E-state index >= 15 is 0 Å². The molecule has 3 N–H and O–H groups in total. The van der Waals surface area contributed by atoms with Crippen molar-refractivity contribution in [3.63, 3.8) is 0 Å². The molecule has 2 aliphatic rings. The molecule has 0 heterocycles. The van der Waals surface area contributed by atoms with Gasteiger partial charge in [-0.15, -0.1) is 0 Å². The maximum atomic E-state index is 11.8. The molecule has 0 aliphatic heterocycles. The molecule has 0 bridgehead atoms. The first-order chi connectivity index (χ1) is 8.43. The maximum Gasteiger partial charge on any atom is 0.237 e. The van der Waals surface area contributed by atoms with Crippen molar-refractivity contribution in [2.24, 2.45) is 11.7 Å². The third-order valence-electron chi connectivity index (χ3n) is 4.29. The van der Waals surface area contributed by atoms with E-state index in [1.54, 1.807) is 0 Å². The summed E-state index contributed by atoms with van der Waals surface area (Å²) in [6.07, 6.45) is 5.24. The van der Waals surface area contributed by atoms with Crippen molar-refractivity contribution < 1.29 is 4.79 Å². The summed E-state index contributed by atoms with van der Waals surface area (Å²) < 4.78 is 0. The normalized spacial score (nSPS) is 32.4. The molecule has 0 aromatic heterocycles. The van der Waals surface area contributed by atoms with Crippen LogP contribution in [-0.4, -0.2) is 42.0 Å². The third-order valence-corrected chi connectivity index (χ3v) is 4.29. The first-order valence-electron chi connectivity index (χ1n) is 7.21. The second-order valence-corrected chi connectivity index (χ2v) is 6.60. The number of rotatable bonds is 6. The van der Waals surface area contributed by atoms with Gasteiger partial charge in [-0.25, -0.2) is 0 Å². The van der Waals surface area contributed by atoms with Crippen LogP contribution in [0.2, 0.25) is 0 Å². The van der Waals surface area contributed by atoms with E-state index in [0.717, 1.165) is 25.8 Å². The SMILES string of the molecule is CC(C)CN(C)C1CCC(NC2CC2)(C(N)=O)C1. The number of nitrogens with zero attached hydrogens (tertiary/aromatic N) is 1. The first kappa shape index (κ1) is 13.8. The standard InChI is InChI=1S/C14H27N3O/c1-10(2)9-17(3)12-6-7-14(8-12,13(15)18)16-11-4-5-11/h10-12,16H,4-9H2,1-3H3,(H2,15,18). The number of amides is 1. The molecule has 2 aliphatic carbocycles. The van der Waals surface area contributed by atoms with Crippen LogP contribution in [0.25, 0.3) is 0 Å². The van der Waals surface area contributed by atoms with Gasteiger partial charge in [-0.2, -0.15) is 0 Å². The fourth-order valence-corrected chi connectivity index (χ4v) is 3.17. The Morgan fingerprint density at radius 2 is 2.11 bits per heavy atom. The number of carbonyl (C=O) groups is 1. The van der Waals surface area contributed by atoms with Crippen molar-refractivity contribution in [1.82, 2.24) is 10.2 Å². The summed E-state index contributed by atoms with van der Waals surface area (Å²) in [5.41, 5.74) is 5.22. The van der Waals surface area contributed by atoms with Crippen molar-refractivity contribution in [3.8, 4) is 0 Å². The molecular formula is C14H27N3O. The van der Waals surface area contributed by atoms with Gasteiger partial charge in [0.1, 0.15) is 0 Å². The van der Waals surface area contributed by atoms with Crippen molar-refractivity contribution in [3.05, 3.63) is 0 Å². The van der Waals surface area contributed by atoms with E-state index in [-0.39, 0.29) is 5.91 Å². The van der Waals surface area contributed by atoms with Gasteiger partial charge in [0.05, 0.1) is 5.54 Å². The molecule has 1 amide bonds. The van der Waals surface area contributed by atoms with E-state index in [2.05, 4.69) is 31.1 Å². The molecule has 2 atom stereocenters. The van der Waals surface area contributed by atoms with Gasteiger partial charge in [-0.3, -0.25) is 4.79 Å². The highest BCUT2D eigenvalue weighted by Gasteiger charge is 2.47. The number of carbonyl (C=O) groups excluding carboxylic acids is 1. The first-order valence-corrected chi connectivity index (χ1v) is 7.21. The van der Waals surface area contributed by atoms with Crippen LogP contribution >= 0.6 is 0 Å². The van der Waals surface area contributed by atoms with Gasteiger partial charge in [-0.05, 0) is 45.1 Å². The van der Waals surface area contributed by atoms with E-state index in [4.69, 9.17) is 5.73 Å². The minimum atomic E-state index is -0.433. The van der Waals surface area contributed by atoms with Gasteiger partial charge in [-0.1, -0.05) is 13.8 Å². The maximum absolute atomic E-state index is 11.8.